The van der Waals surface area contributed by atoms with Gasteiger partial charge in [-0.1, -0.05) is 12.1 Å². The van der Waals surface area contributed by atoms with Crippen LogP contribution in [0, 0.1) is 5.82 Å². The molecular weight excluding hydrogens is 179 g/mol. The Labute approximate surface area is 74.4 Å². The first-order valence-electron chi connectivity index (χ1n) is 3.85. The van der Waals surface area contributed by atoms with E-state index in [1.807, 2.05) is 0 Å². The Morgan fingerprint density at radius 3 is 2.31 bits per heavy atom. The minimum Gasteiger partial charge on any atom is -0.324 e. The van der Waals surface area contributed by atoms with Gasteiger partial charge in [0.05, 0.1) is 5.56 Å². The van der Waals surface area contributed by atoms with Crippen LogP contribution in [-0.2, 0) is 0 Å². The van der Waals surface area contributed by atoms with Crippen molar-refractivity contribution in [3.8, 4) is 0 Å². The van der Waals surface area contributed by atoms with Crippen LogP contribution in [0.4, 0.5) is 13.2 Å². The van der Waals surface area contributed by atoms with Gasteiger partial charge in [0.1, 0.15) is 5.82 Å². The highest BCUT2D eigenvalue weighted by molar-refractivity contribution is 5.26. The number of halogens is 3. The maximum Gasteiger partial charge on any atom is 0.266 e. The zero-order valence-electron chi connectivity index (χ0n) is 7.10. The molecule has 72 valence electrons. The highest BCUT2D eigenvalue weighted by Crippen LogP contribution is 2.23. The molecule has 4 heteroatoms. The van der Waals surface area contributed by atoms with Gasteiger partial charge in [-0.15, -0.1) is 0 Å². The van der Waals surface area contributed by atoms with Crippen LogP contribution < -0.4 is 5.73 Å². The van der Waals surface area contributed by atoms with Crippen molar-refractivity contribution < 1.29 is 13.2 Å². The first-order chi connectivity index (χ1) is 6.02. The van der Waals surface area contributed by atoms with Gasteiger partial charge in [0.15, 0.2) is 0 Å². The lowest BCUT2D eigenvalue weighted by Gasteiger charge is -2.07. The van der Waals surface area contributed by atoms with Crippen molar-refractivity contribution in [2.24, 2.45) is 5.73 Å². The van der Waals surface area contributed by atoms with E-state index in [-0.39, 0.29) is 6.04 Å². The Kier molecular flexibility index (Phi) is 2.93. The lowest BCUT2D eigenvalue weighted by Crippen LogP contribution is -2.06. The van der Waals surface area contributed by atoms with Gasteiger partial charge in [-0.25, -0.2) is 13.2 Å². The molecule has 0 aromatic heterocycles. The summed E-state index contributed by atoms with van der Waals surface area (Å²) in [6, 6.07) is 3.18. The van der Waals surface area contributed by atoms with Gasteiger partial charge >= 0.3 is 0 Å². The maximum absolute atomic E-state index is 12.9. The molecule has 0 bridgehead atoms. The summed E-state index contributed by atoms with van der Waals surface area (Å²) in [4.78, 5) is 0. The van der Waals surface area contributed by atoms with Gasteiger partial charge in [0.2, 0.25) is 0 Å². The predicted molar refractivity (Wildman–Crippen MR) is 44.0 cm³/mol. The molecule has 13 heavy (non-hydrogen) atoms. The second-order valence-electron chi connectivity index (χ2n) is 2.87. The van der Waals surface area contributed by atoms with Crippen LogP contribution in [0.2, 0.25) is 0 Å². The van der Waals surface area contributed by atoms with Crippen molar-refractivity contribution in [2.75, 3.05) is 0 Å². The van der Waals surface area contributed by atoms with Crippen LogP contribution in [0.15, 0.2) is 18.2 Å². The molecule has 0 saturated heterocycles. The number of hydrogen-bond donors (Lipinski definition) is 1. The Balaban J connectivity index is 3.06. The number of alkyl halides is 2. The highest BCUT2D eigenvalue weighted by atomic mass is 19.3. The summed E-state index contributed by atoms with van der Waals surface area (Å²) >= 11 is 0. The van der Waals surface area contributed by atoms with Crippen molar-refractivity contribution in [3.63, 3.8) is 0 Å². The highest BCUT2D eigenvalue weighted by Gasteiger charge is 2.13. The van der Waals surface area contributed by atoms with Crippen LogP contribution in [0.25, 0.3) is 0 Å². The van der Waals surface area contributed by atoms with Crippen LogP contribution in [0.3, 0.4) is 0 Å². The van der Waals surface area contributed by atoms with E-state index in [9.17, 15) is 13.2 Å². The minimum atomic E-state index is -2.78. The monoisotopic (exact) mass is 189 g/mol. The van der Waals surface area contributed by atoms with Crippen molar-refractivity contribution in [1.29, 1.82) is 0 Å². The van der Waals surface area contributed by atoms with Crippen LogP contribution >= 0.6 is 0 Å². The standard InChI is InChI=1S/C9H10F3N/c1-5(13)6-2-3-7(9(11)12)8(10)4-6/h2-5,9H,13H2,1H3/t5-/m0/s1. The third-order valence-electron chi connectivity index (χ3n) is 1.79. The van der Waals surface area contributed by atoms with Gasteiger partial charge in [-0.2, -0.15) is 0 Å². The molecule has 0 heterocycles. The lowest BCUT2D eigenvalue weighted by atomic mass is 10.1. The molecule has 1 aromatic carbocycles. The van der Waals surface area contributed by atoms with E-state index in [1.54, 1.807) is 6.92 Å². The molecule has 0 unspecified atom stereocenters. The fourth-order valence-corrected chi connectivity index (χ4v) is 1.00. The van der Waals surface area contributed by atoms with E-state index in [2.05, 4.69) is 0 Å². The maximum atomic E-state index is 12.9. The fourth-order valence-electron chi connectivity index (χ4n) is 1.00. The second kappa shape index (κ2) is 3.79. The number of hydrogen-bond acceptors (Lipinski definition) is 1. The summed E-state index contributed by atoms with van der Waals surface area (Å²) < 4.78 is 37.1. The zero-order valence-corrected chi connectivity index (χ0v) is 7.10. The van der Waals surface area contributed by atoms with Crippen LogP contribution in [0.5, 0.6) is 0 Å². The molecule has 1 rings (SSSR count). The minimum absolute atomic E-state index is 0.346. The van der Waals surface area contributed by atoms with E-state index >= 15 is 0 Å². The molecule has 1 nitrogen and oxygen atoms in total. The van der Waals surface area contributed by atoms with Crippen LogP contribution in [0.1, 0.15) is 30.5 Å². The average molecular weight is 189 g/mol. The van der Waals surface area contributed by atoms with Crippen molar-refractivity contribution in [3.05, 3.63) is 35.1 Å². The summed E-state index contributed by atoms with van der Waals surface area (Å²) in [6.45, 7) is 1.66. The summed E-state index contributed by atoms with van der Waals surface area (Å²) in [7, 11) is 0. The van der Waals surface area contributed by atoms with Gasteiger partial charge in [-0.3, -0.25) is 0 Å². The quantitative estimate of drug-likeness (QED) is 0.760. The Morgan fingerprint density at radius 2 is 1.92 bits per heavy atom. The number of rotatable bonds is 2. The molecule has 2 N–H and O–H groups in total. The summed E-state index contributed by atoms with van der Waals surface area (Å²) in [5.74, 6) is -0.898. The molecule has 0 saturated carbocycles. The van der Waals surface area contributed by atoms with Crippen molar-refractivity contribution in [1.82, 2.24) is 0 Å². The first kappa shape index (κ1) is 10.1. The van der Waals surface area contributed by atoms with E-state index in [4.69, 9.17) is 5.73 Å². The van der Waals surface area contributed by atoms with E-state index in [1.165, 1.54) is 6.07 Å². The average Bonchev–Trinajstić information content (AvgIpc) is 2.03. The number of nitrogens with two attached hydrogens (primary N) is 1. The van der Waals surface area contributed by atoms with Crippen LogP contribution in [-0.4, -0.2) is 0 Å². The van der Waals surface area contributed by atoms with Gasteiger partial charge in [-0.05, 0) is 18.6 Å². The third kappa shape index (κ3) is 2.21. The molecular formula is C9H10F3N. The smallest absolute Gasteiger partial charge is 0.266 e. The van der Waals surface area contributed by atoms with Gasteiger partial charge in [0, 0.05) is 6.04 Å². The molecule has 0 aliphatic carbocycles. The molecule has 0 aliphatic heterocycles. The molecule has 0 aliphatic rings. The second-order valence-corrected chi connectivity index (χ2v) is 2.87. The Hall–Kier alpha value is -1.03. The van der Waals surface area contributed by atoms with E-state index < -0.39 is 17.8 Å². The Morgan fingerprint density at radius 1 is 1.31 bits per heavy atom. The molecule has 1 aromatic rings. The molecule has 0 fully saturated rings. The van der Waals surface area contributed by atoms with Gasteiger partial charge in [0.25, 0.3) is 6.43 Å². The fraction of sp³-hybridized carbons (Fsp3) is 0.333. The van der Waals surface area contributed by atoms with Crippen molar-refractivity contribution in [2.45, 2.75) is 19.4 Å². The normalized spacial score (nSPS) is 13.4. The molecule has 0 spiro atoms. The van der Waals surface area contributed by atoms with Gasteiger partial charge < -0.3 is 5.73 Å². The number of benzene rings is 1. The first-order valence-corrected chi connectivity index (χ1v) is 3.85. The molecule has 1 atom stereocenters. The lowest BCUT2D eigenvalue weighted by molar-refractivity contribution is 0.146. The molecule has 0 amide bonds. The van der Waals surface area contributed by atoms with E-state index in [0.29, 0.717) is 5.56 Å². The SMILES string of the molecule is C[C@H](N)c1ccc(C(F)F)c(F)c1. The van der Waals surface area contributed by atoms with E-state index in [0.717, 1.165) is 12.1 Å². The zero-order chi connectivity index (χ0) is 10.0. The molecule has 0 radical (unpaired) electrons. The predicted octanol–water partition coefficient (Wildman–Crippen LogP) is 2.78. The summed E-state index contributed by atoms with van der Waals surface area (Å²) in [6.07, 6.45) is -2.78. The largest absolute Gasteiger partial charge is 0.324 e. The summed E-state index contributed by atoms with van der Waals surface area (Å²) in [5.41, 5.74) is 5.39. The topological polar surface area (TPSA) is 26.0 Å². The third-order valence-corrected chi connectivity index (χ3v) is 1.79. The van der Waals surface area contributed by atoms with Crippen molar-refractivity contribution >= 4 is 0 Å². The summed E-state index contributed by atoms with van der Waals surface area (Å²) in [5, 5.41) is 0. The Bertz CT molecular complexity index is 297.